The minimum Gasteiger partial charge on any atom is -0.496 e. The molecule has 3 aromatic carbocycles. The zero-order chi connectivity index (χ0) is 20.9. The number of aromatic nitrogens is 2. The van der Waals surface area contributed by atoms with E-state index in [9.17, 15) is 4.79 Å². The van der Waals surface area contributed by atoms with E-state index in [1.165, 1.54) is 5.56 Å². The minimum absolute atomic E-state index is 0.151. The lowest BCUT2D eigenvalue weighted by atomic mass is 10.2. The number of rotatable bonds is 7. The lowest BCUT2D eigenvalue weighted by Gasteiger charge is -2.11. The van der Waals surface area contributed by atoms with Crippen LogP contribution in [0, 0.1) is 0 Å². The molecule has 6 heteroatoms. The maximum Gasteiger partial charge on any atom is 0.255 e. The second kappa shape index (κ2) is 9.13. The van der Waals surface area contributed by atoms with E-state index < -0.39 is 0 Å². The summed E-state index contributed by atoms with van der Waals surface area (Å²) in [5.41, 5.74) is 3.76. The van der Waals surface area contributed by atoms with E-state index >= 15 is 0 Å². The van der Waals surface area contributed by atoms with Gasteiger partial charge in [-0.25, -0.2) is 4.98 Å². The molecule has 0 saturated carbocycles. The van der Waals surface area contributed by atoms with E-state index in [2.05, 4.69) is 44.0 Å². The number of hydrogen-bond acceptors (Lipinski definition) is 3. The normalized spacial score (nSPS) is 10.9. The van der Waals surface area contributed by atoms with Crippen LogP contribution in [0.4, 0.5) is 0 Å². The average molecular weight is 464 g/mol. The standard InChI is InChI=1S/C24H22BrN3O2/c1-30-22-12-5-2-9-19(22)24(29)26-14-13-23-27-20-10-3-4-11-21(20)28(23)16-17-7-6-8-18(25)15-17/h2-12,15H,13-14,16H2,1H3,(H,26,29). The van der Waals surface area contributed by atoms with Gasteiger partial charge in [-0.3, -0.25) is 4.79 Å². The highest BCUT2D eigenvalue weighted by atomic mass is 79.9. The first-order valence-electron chi connectivity index (χ1n) is 9.75. The molecule has 4 aromatic rings. The predicted octanol–water partition coefficient (Wildman–Crippen LogP) is 4.83. The predicted molar refractivity (Wildman–Crippen MR) is 122 cm³/mol. The van der Waals surface area contributed by atoms with Crippen molar-refractivity contribution in [3.8, 4) is 5.75 Å². The second-order valence-corrected chi connectivity index (χ2v) is 7.85. The Kier molecular flexibility index (Phi) is 6.14. The van der Waals surface area contributed by atoms with Crippen molar-refractivity contribution < 1.29 is 9.53 Å². The number of hydrogen-bond donors (Lipinski definition) is 1. The van der Waals surface area contributed by atoms with Crippen molar-refractivity contribution in [2.75, 3.05) is 13.7 Å². The second-order valence-electron chi connectivity index (χ2n) is 6.94. The van der Waals surface area contributed by atoms with Crippen LogP contribution >= 0.6 is 15.9 Å². The van der Waals surface area contributed by atoms with Crippen molar-refractivity contribution in [1.82, 2.24) is 14.9 Å². The number of halogens is 1. The molecule has 0 atom stereocenters. The molecule has 1 heterocycles. The summed E-state index contributed by atoms with van der Waals surface area (Å²) in [4.78, 5) is 17.4. The van der Waals surface area contributed by atoms with E-state index in [0.717, 1.165) is 27.9 Å². The summed E-state index contributed by atoms with van der Waals surface area (Å²) in [6, 6.07) is 23.6. The maximum atomic E-state index is 12.6. The molecule has 0 aliphatic carbocycles. The molecule has 0 aliphatic rings. The molecule has 152 valence electrons. The highest BCUT2D eigenvalue weighted by molar-refractivity contribution is 9.10. The Morgan fingerprint density at radius 3 is 2.70 bits per heavy atom. The lowest BCUT2D eigenvalue weighted by Crippen LogP contribution is -2.27. The Balaban J connectivity index is 1.53. The van der Waals surface area contributed by atoms with Crippen LogP contribution in [0.3, 0.4) is 0 Å². The average Bonchev–Trinajstić information content (AvgIpc) is 3.11. The molecule has 5 nitrogen and oxygen atoms in total. The largest absolute Gasteiger partial charge is 0.496 e. The highest BCUT2D eigenvalue weighted by Crippen LogP contribution is 2.20. The zero-order valence-electron chi connectivity index (χ0n) is 16.6. The Hall–Kier alpha value is -3.12. The van der Waals surface area contributed by atoms with Crippen LogP contribution in [-0.2, 0) is 13.0 Å². The molecule has 1 amide bonds. The van der Waals surface area contributed by atoms with Crippen LogP contribution in [-0.4, -0.2) is 29.1 Å². The van der Waals surface area contributed by atoms with Gasteiger partial charge in [0.1, 0.15) is 11.6 Å². The summed E-state index contributed by atoms with van der Waals surface area (Å²) >= 11 is 3.54. The van der Waals surface area contributed by atoms with Crippen molar-refractivity contribution in [1.29, 1.82) is 0 Å². The number of nitrogens with zero attached hydrogens (tertiary/aromatic N) is 2. The molecule has 0 aliphatic heterocycles. The summed E-state index contributed by atoms with van der Waals surface area (Å²) in [5, 5.41) is 2.99. The summed E-state index contributed by atoms with van der Waals surface area (Å²) in [6.45, 7) is 1.20. The Bertz CT molecular complexity index is 1190. The molecular weight excluding hydrogens is 442 g/mol. The van der Waals surface area contributed by atoms with Crippen molar-refractivity contribution in [3.63, 3.8) is 0 Å². The van der Waals surface area contributed by atoms with Crippen LogP contribution in [0.5, 0.6) is 5.75 Å². The number of nitrogens with one attached hydrogen (secondary N) is 1. The first-order valence-corrected chi connectivity index (χ1v) is 10.5. The van der Waals surface area contributed by atoms with Crippen LogP contribution in [0.1, 0.15) is 21.7 Å². The molecule has 0 fully saturated rings. The van der Waals surface area contributed by atoms with E-state index in [1.54, 1.807) is 19.2 Å². The molecule has 4 rings (SSSR count). The van der Waals surface area contributed by atoms with E-state index in [0.29, 0.717) is 24.3 Å². The fourth-order valence-corrected chi connectivity index (χ4v) is 3.97. The zero-order valence-corrected chi connectivity index (χ0v) is 18.2. The van der Waals surface area contributed by atoms with Gasteiger partial charge in [-0.15, -0.1) is 0 Å². The Morgan fingerprint density at radius 1 is 1.07 bits per heavy atom. The highest BCUT2D eigenvalue weighted by Gasteiger charge is 2.14. The molecular formula is C24H22BrN3O2. The number of carbonyl (C=O) groups excluding carboxylic acids is 1. The summed E-state index contributed by atoms with van der Waals surface area (Å²) in [6.07, 6.45) is 0.629. The number of carbonyl (C=O) groups is 1. The number of fused-ring (bicyclic) bond motifs is 1. The first-order chi connectivity index (χ1) is 14.7. The Morgan fingerprint density at radius 2 is 1.87 bits per heavy atom. The van der Waals surface area contributed by atoms with Gasteiger partial charge in [0.05, 0.1) is 23.7 Å². The molecule has 1 aromatic heterocycles. The monoisotopic (exact) mass is 463 g/mol. The molecule has 1 N–H and O–H groups in total. The maximum absolute atomic E-state index is 12.6. The van der Waals surface area contributed by atoms with Crippen LogP contribution in [0.15, 0.2) is 77.3 Å². The molecule has 0 unspecified atom stereocenters. The topological polar surface area (TPSA) is 56.1 Å². The van der Waals surface area contributed by atoms with Gasteiger partial charge in [0.25, 0.3) is 5.91 Å². The van der Waals surface area contributed by atoms with Crippen LogP contribution < -0.4 is 10.1 Å². The number of benzene rings is 3. The summed E-state index contributed by atoms with van der Waals surface area (Å²) in [7, 11) is 1.57. The third-order valence-electron chi connectivity index (χ3n) is 4.95. The van der Waals surface area contributed by atoms with Gasteiger partial charge in [0.2, 0.25) is 0 Å². The third-order valence-corrected chi connectivity index (χ3v) is 5.44. The molecule has 0 saturated heterocycles. The number of ether oxygens (including phenoxy) is 1. The SMILES string of the molecule is COc1ccccc1C(=O)NCCc1nc2ccccc2n1Cc1cccc(Br)c1. The first kappa shape index (κ1) is 20.2. The lowest BCUT2D eigenvalue weighted by molar-refractivity contribution is 0.0951. The summed E-state index contributed by atoms with van der Waals surface area (Å²) in [5.74, 6) is 1.36. The molecule has 0 radical (unpaired) electrons. The Labute approximate surface area is 183 Å². The smallest absolute Gasteiger partial charge is 0.255 e. The van der Waals surface area contributed by atoms with E-state index in [-0.39, 0.29) is 5.91 Å². The number of imidazole rings is 1. The number of methoxy groups -OCH3 is 1. The third kappa shape index (κ3) is 4.39. The van der Waals surface area contributed by atoms with Gasteiger partial charge in [0.15, 0.2) is 0 Å². The molecule has 0 spiro atoms. The fraction of sp³-hybridized carbons (Fsp3) is 0.167. The van der Waals surface area contributed by atoms with Crippen molar-refractivity contribution in [3.05, 3.63) is 94.2 Å². The van der Waals surface area contributed by atoms with E-state index in [4.69, 9.17) is 9.72 Å². The van der Waals surface area contributed by atoms with Gasteiger partial charge in [-0.2, -0.15) is 0 Å². The van der Waals surface area contributed by atoms with Crippen molar-refractivity contribution in [2.24, 2.45) is 0 Å². The quantitative estimate of drug-likeness (QED) is 0.427. The van der Waals surface area contributed by atoms with Gasteiger partial charge in [-0.1, -0.05) is 52.3 Å². The summed E-state index contributed by atoms with van der Waals surface area (Å²) < 4.78 is 8.55. The van der Waals surface area contributed by atoms with Crippen LogP contribution in [0.25, 0.3) is 11.0 Å². The fourth-order valence-electron chi connectivity index (χ4n) is 3.53. The minimum atomic E-state index is -0.151. The number of amides is 1. The van der Waals surface area contributed by atoms with Crippen molar-refractivity contribution in [2.45, 2.75) is 13.0 Å². The van der Waals surface area contributed by atoms with Gasteiger partial charge < -0.3 is 14.6 Å². The molecule has 0 bridgehead atoms. The van der Waals surface area contributed by atoms with Crippen molar-refractivity contribution >= 4 is 32.9 Å². The van der Waals surface area contributed by atoms with Gasteiger partial charge in [0, 0.05) is 24.0 Å². The van der Waals surface area contributed by atoms with Gasteiger partial charge in [-0.05, 0) is 42.0 Å². The number of para-hydroxylation sites is 3. The van der Waals surface area contributed by atoms with Crippen LogP contribution in [0.2, 0.25) is 0 Å². The van der Waals surface area contributed by atoms with Gasteiger partial charge >= 0.3 is 0 Å². The van der Waals surface area contributed by atoms with E-state index in [1.807, 2.05) is 42.5 Å². The molecule has 30 heavy (non-hydrogen) atoms.